The van der Waals surface area contributed by atoms with Gasteiger partial charge in [-0.05, 0) is 42.7 Å². The Bertz CT molecular complexity index is 1130. The largest absolute Gasteiger partial charge is 0.479 e. The van der Waals surface area contributed by atoms with E-state index in [0.29, 0.717) is 42.2 Å². The minimum atomic E-state index is -0.669. The molecule has 0 bridgehead atoms. The molecule has 3 aliphatic rings. The number of nitrogens with zero attached hydrogens (tertiary/aromatic N) is 3. The molecule has 1 atom stereocenters. The minimum absolute atomic E-state index is 0.0558. The lowest BCUT2D eigenvalue weighted by atomic mass is 10.1. The molecule has 1 aromatic carbocycles. The molecule has 2 aliphatic heterocycles. The van der Waals surface area contributed by atoms with Crippen LogP contribution in [0.2, 0.25) is 0 Å². The fourth-order valence-electron chi connectivity index (χ4n) is 4.17. The topological polar surface area (TPSA) is 123 Å². The Kier molecular flexibility index (Phi) is 4.88. The van der Waals surface area contributed by atoms with Gasteiger partial charge in [-0.15, -0.1) is 0 Å². The molecule has 3 amide bonds. The van der Waals surface area contributed by atoms with E-state index in [1.165, 1.54) is 11.1 Å². The van der Waals surface area contributed by atoms with Crippen LogP contribution in [0, 0.1) is 5.92 Å². The molecule has 1 saturated carbocycles. The molecule has 5 rings (SSSR count). The maximum absolute atomic E-state index is 12.9. The summed E-state index contributed by atoms with van der Waals surface area (Å²) >= 11 is 0. The van der Waals surface area contributed by atoms with Crippen LogP contribution in [0.25, 0.3) is 0 Å². The van der Waals surface area contributed by atoms with E-state index < -0.39 is 12.0 Å². The molecule has 1 aliphatic carbocycles. The first-order chi connectivity index (χ1) is 15.4. The van der Waals surface area contributed by atoms with E-state index in [1.54, 1.807) is 35.2 Å². The molecule has 164 valence electrons. The van der Waals surface area contributed by atoms with Gasteiger partial charge < -0.3 is 20.3 Å². The Balaban J connectivity index is 1.26. The predicted octanol–water partition coefficient (Wildman–Crippen LogP) is 1.30. The number of hydrogen-bond acceptors (Lipinski definition) is 6. The summed E-state index contributed by atoms with van der Waals surface area (Å²) in [5.41, 5.74) is 7.52. The highest BCUT2D eigenvalue weighted by Gasteiger charge is 2.36. The number of carbonyl (C=O) groups is 4. The molecule has 2 fully saturated rings. The Hall–Kier alpha value is -3.75. The van der Waals surface area contributed by atoms with Crippen molar-refractivity contribution in [3.63, 3.8) is 0 Å². The van der Waals surface area contributed by atoms with Crippen molar-refractivity contribution in [2.45, 2.75) is 31.9 Å². The van der Waals surface area contributed by atoms with Crippen molar-refractivity contribution in [3.8, 4) is 5.75 Å². The number of aromatic nitrogens is 1. The first-order valence-corrected chi connectivity index (χ1v) is 10.6. The van der Waals surface area contributed by atoms with E-state index in [1.807, 2.05) is 0 Å². The molecule has 1 aromatic heterocycles. The molecule has 0 radical (unpaired) electrons. The first kappa shape index (κ1) is 20.2. The van der Waals surface area contributed by atoms with Crippen molar-refractivity contribution in [3.05, 3.63) is 53.3 Å². The van der Waals surface area contributed by atoms with E-state index in [0.717, 1.165) is 18.4 Å². The average Bonchev–Trinajstić information content (AvgIpc) is 3.51. The summed E-state index contributed by atoms with van der Waals surface area (Å²) in [4.78, 5) is 55.9. The van der Waals surface area contributed by atoms with Crippen molar-refractivity contribution < 1.29 is 23.9 Å². The van der Waals surface area contributed by atoms with Gasteiger partial charge in [0.1, 0.15) is 11.4 Å². The van der Waals surface area contributed by atoms with Crippen molar-refractivity contribution in [2.24, 2.45) is 11.7 Å². The summed E-state index contributed by atoms with van der Waals surface area (Å²) in [7, 11) is 0. The summed E-state index contributed by atoms with van der Waals surface area (Å²) in [6.45, 7) is 0.636. The maximum atomic E-state index is 12.9. The Morgan fingerprint density at radius 1 is 1.12 bits per heavy atom. The van der Waals surface area contributed by atoms with E-state index >= 15 is 0 Å². The smallest absolute Gasteiger partial charge is 0.268 e. The fourth-order valence-corrected chi connectivity index (χ4v) is 4.17. The lowest BCUT2D eigenvalue weighted by molar-refractivity contribution is -0.123. The highest BCUT2D eigenvalue weighted by Crippen LogP contribution is 2.33. The zero-order chi connectivity index (χ0) is 22.4. The number of ether oxygens (including phenoxy) is 1. The van der Waals surface area contributed by atoms with Gasteiger partial charge in [0.15, 0.2) is 11.9 Å². The number of amides is 3. The SMILES string of the molecule is NC(=O)CN1Cc2ccc(N3CC[C@@H](Oc4ccc(C(=O)C5CC5)nc4)C3=O)cc2C1=O. The van der Waals surface area contributed by atoms with Crippen molar-refractivity contribution in [1.29, 1.82) is 0 Å². The average molecular weight is 434 g/mol. The van der Waals surface area contributed by atoms with Crippen LogP contribution in [-0.2, 0) is 16.1 Å². The van der Waals surface area contributed by atoms with Crippen LogP contribution in [0.5, 0.6) is 5.75 Å². The van der Waals surface area contributed by atoms with Gasteiger partial charge >= 0.3 is 0 Å². The Morgan fingerprint density at radius 2 is 1.94 bits per heavy atom. The van der Waals surface area contributed by atoms with Gasteiger partial charge in [-0.25, -0.2) is 4.98 Å². The Labute approximate surface area is 184 Å². The predicted molar refractivity (Wildman–Crippen MR) is 113 cm³/mol. The number of nitrogens with two attached hydrogens (primary N) is 1. The maximum Gasteiger partial charge on any atom is 0.268 e. The second kappa shape index (κ2) is 7.74. The molecule has 0 unspecified atom stereocenters. The number of ketones is 1. The summed E-state index contributed by atoms with van der Waals surface area (Å²) in [6.07, 6.45) is 3.13. The fraction of sp³-hybridized carbons (Fsp3) is 0.348. The number of carbonyl (C=O) groups excluding carboxylic acids is 4. The molecule has 32 heavy (non-hydrogen) atoms. The molecule has 0 spiro atoms. The lowest BCUT2D eigenvalue weighted by Gasteiger charge is -2.18. The zero-order valence-electron chi connectivity index (χ0n) is 17.3. The molecule has 9 heteroatoms. The van der Waals surface area contributed by atoms with Crippen molar-refractivity contribution >= 4 is 29.2 Å². The molecule has 3 heterocycles. The van der Waals surface area contributed by atoms with Crippen LogP contribution in [-0.4, -0.2) is 52.6 Å². The lowest BCUT2D eigenvalue weighted by Crippen LogP contribution is -2.34. The van der Waals surface area contributed by atoms with Gasteiger partial charge in [0.05, 0.1) is 12.7 Å². The number of fused-ring (bicyclic) bond motifs is 1. The third-order valence-electron chi connectivity index (χ3n) is 6.00. The third-order valence-corrected chi connectivity index (χ3v) is 6.00. The third kappa shape index (κ3) is 3.70. The van der Waals surface area contributed by atoms with Crippen molar-refractivity contribution in [1.82, 2.24) is 9.88 Å². The van der Waals surface area contributed by atoms with Gasteiger partial charge in [0.2, 0.25) is 5.91 Å². The highest BCUT2D eigenvalue weighted by atomic mass is 16.5. The van der Waals surface area contributed by atoms with Crippen LogP contribution in [0.3, 0.4) is 0 Å². The molecular weight excluding hydrogens is 412 g/mol. The summed E-state index contributed by atoms with van der Waals surface area (Å²) in [6, 6.07) is 8.57. The number of Topliss-reactive ketones (excluding diaryl/α,β-unsaturated/α-hetero) is 1. The number of primary amides is 1. The van der Waals surface area contributed by atoms with Crippen LogP contribution in [0.15, 0.2) is 36.5 Å². The molecule has 9 nitrogen and oxygen atoms in total. The van der Waals surface area contributed by atoms with Crippen LogP contribution in [0.4, 0.5) is 5.69 Å². The number of pyridine rings is 1. The van der Waals surface area contributed by atoms with Gasteiger partial charge in [-0.3, -0.25) is 19.2 Å². The molecule has 1 saturated heterocycles. The van der Waals surface area contributed by atoms with Crippen LogP contribution < -0.4 is 15.4 Å². The molecule has 2 aromatic rings. The second-order valence-corrected chi connectivity index (χ2v) is 8.37. The van der Waals surface area contributed by atoms with Crippen LogP contribution >= 0.6 is 0 Å². The zero-order valence-corrected chi connectivity index (χ0v) is 17.3. The number of benzene rings is 1. The normalized spacial score (nSPS) is 19.9. The van der Waals surface area contributed by atoms with Gasteiger partial charge in [0, 0.05) is 36.7 Å². The monoisotopic (exact) mass is 434 g/mol. The summed E-state index contributed by atoms with van der Waals surface area (Å²) < 4.78 is 5.83. The number of anilines is 1. The highest BCUT2D eigenvalue weighted by molar-refractivity contribution is 6.03. The Morgan fingerprint density at radius 3 is 2.62 bits per heavy atom. The summed E-state index contributed by atoms with van der Waals surface area (Å²) in [5, 5.41) is 0. The van der Waals surface area contributed by atoms with Gasteiger partial charge in [-0.2, -0.15) is 0 Å². The number of hydrogen-bond donors (Lipinski definition) is 1. The molecular formula is C23H22N4O5. The quantitative estimate of drug-likeness (QED) is 0.656. The van der Waals surface area contributed by atoms with Crippen molar-refractivity contribution in [2.75, 3.05) is 18.0 Å². The number of rotatable bonds is 7. The standard InChI is InChI=1S/C23H22N4O5/c24-20(28)12-26-11-14-3-4-15(9-17(14)22(26)30)27-8-7-19(23(27)31)32-16-5-6-18(25-10-16)21(29)13-1-2-13/h3-6,9-10,13,19H,1-2,7-8,11-12H2,(H2,24,28)/t19-/m1/s1. The van der Waals surface area contributed by atoms with E-state index in [2.05, 4.69) is 4.98 Å². The van der Waals surface area contributed by atoms with Gasteiger partial charge in [0.25, 0.3) is 11.8 Å². The first-order valence-electron chi connectivity index (χ1n) is 10.6. The van der Waals surface area contributed by atoms with E-state index in [4.69, 9.17) is 10.5 Å². The van der Waals surface area contributed by atoms with Gasteiger partial charge in [-0.1, -0.05) is 6.07 Å². The minimum Gasteiger partial charge on any atom is -0.479 e. The van der Waals surface area contributed by atoms with E-state index in [-0.39, 0.29) is 30.1 Å². The second-order valence-electron chi connectivity index (χ2n) is 8.37. The van der Waals surface area contributed by atoms with Crippen LogP contribution in [0.1, 0.15) is 45.7 Å². The van der Waals surface area contributed by atoms with E-state index in [9.17, 15) is 19.2 Å². The summed E-state index contributed by atoms with van der Waals surface area (Å²) in [5.74, 6) is -0.458. The molecule has 2 N–H and O–H groups in total.